The van der Waals surface area contributed by atoms with Gasteiger partial charge in [-0.3, -0.25) is 0 Å². The summed E-state index contributed by atoms with van der Waals surface area (Å²) in [5.74, 6) is 1.95. The first kappa shape index (κ1) is 80.0. The first-order chi connectivity index (χ1) is 39.7. The second kappa shape index (κ2) is 75.1. The lowest BCUT2D eigenvalue weighted by Gasteiger charge is -2.20. The van der Waals surface area contributed by atoms with Crippen LogP contribution in [-0.2, 0) is 0 Å². The highest BCUT2D eigenvalue weighted by atomic mass is 14.2. The molecule has 482 valence electrons. The zero-order chi connectivity index (χ0) is 57.5. The minimum atomic E-state index is 0.941. The van der Waals surface area contributed by atoms with Crippen molar-refractivity contribution in [2.45, 2.75) is 503 Å². The summed E-state index contributed by atoms with van der Waals surface area (Å²) in [4.78, 5) is 0. The molecule has 0 N–H and O–H groups in total. The summed E-state index contributed by atoms with van der Waals surface area (Å²) in [6.45, 7) is 9.57. The van der Waals surface area contributed by atoms with Crippen LogP contribution >= 0.6 is 0 Å². The average Bonchev–Trinajstić information content (AvgIpc) is 3.46. The summed E-state index contributed by atoms with van der Waals surface area (Å²) >= 11 is 0. The summed E-state index contributed by atoms with van der Waals surface area (Å²) in [6, 6.07) is 0. The highest BCUT2D eigenvalue weighted by Crippen LogP contribution is 2.28. The van der Waals surface area contributed by atoms with Gasteiger partial charge in [-0.2, -0.15) is 0 Å². The van der Waals surface area contributed by atoms with Gasteiger partial charge in [-0.05, 0) is 11.8 Å². The summed E-state index contributed by atoms with van der Waals surface area (Å²) in [5.41, 5.74) is 0. The second-order valence-electron chi connectivity index (χ2n) is 28.2. The first-order valence-electron chi connectivity index (χ1n) is 39.7. The quantitative estimate of drug-likeness (QED) is 0.0533. The molecule has 0 heterocycles. The monoisotopic (exact) mass is 1120 g/mol. The molecule has 0 aromatic carbocycles. The molecular formula is C80H162. The molecule has 2 atom stereocenters. The smallest absolute Gasteiger partial charge is 0.0414 e. The van der Waals surface area contributed by atoms with Crippen molar-refractivity contribution in [3.05, 3.63) is 0 Å². The molecule has 0 aliphatic carbocycles. The number of hydrogen-bond acceptors (Lipinski definition) is 0. The number of rotatable bonds is 75. The molecule has 0 fully saturated rings. The highest BCUT2D eigenvalue weighted by Gasteiger charge is 2.12. The summed E-state index contributed by atoms with van der Waals surface area (Å²) in [6.07, 6.45) is 110. The van der Waals surface area contributed by atoms with E-state index in [0.717, 1.165) is 11.8 Å². The van der Waals surface area contributed by atoms with Crippen molar-refractivity contribution < 1.29 is 0 Å². The maximum Gasteiger partial charge on any atom is -0.0414 e. The Kier molecular flexibility index (Phi) is 75.1. The van der Waals surface area contributed by atoms with Gasteiger partial charge in [0.2, 0.25) is 0 Å². The average molecular weight is 1120 g/mol. The highest BCUT2D eigenvalue weighted by molar-refractivity contribution is 4.66. The summed E-state index contributed by atoms with van der Waals surface area (Å²) in [5, 5.41) is 0. The van der Waals surface area contributed by atoms with Crippen molar-refractivity contribution in [1.29, 1.82) is 0 Å². The fourth-order valence-corrected chi connectivity index (χ4v) is 13.8. The van der Waals surface area contributed by atoms with Crippen LogP contribution in [-0.4, -0.2) is 0 Å². The minimum absolute atomic E-state index is 0.941. The van der Waals surface area contributed by atoms with E-state index in [1.54, 1.807) is 0 Å². The van der Waals surface area contributed by atoms with Crippen LogP contribution in [0, 0.1) is 11.8 Å². The van der Waals surface area contributed by atoms with Gasteiger partial charge in [-0.25, -0.2) is 0 Å². The molecule has 0 spiro atoms. The minimum Gasteiger partial charge on any atom is -0.0654 e. The summed E-state index contributed by atoms with van der Waals surface area (Å²) < 4.78 is 0. The van der Waals surface area contributed by atoms with E-state index >= 15 is 0 Å². The fourth-order valence-electron chi connectivity index (χ4n) is 13.8. The Morgan fingerprint density at radius 3 is 0.400 bits per heavy atom. The third-order valence-electron chi connectivity index (χ3n) is 19.8. The molecule has 2 unspecified atom stereocenters. The maximum absolute atomic E-state index is 2.61. The molecule has 0 aromatic rings. The lowest BCUT2D eigenvalue weighted by Crippen LogP contribution is -2.05. The van der Waals surface area contributed by atoms with Gasteiger partial charge in [0.25, 0.3) is 0 Å². The van der Waals surface area contributed by atoms with E-state index in [0.29, 0.717) is 0 Å². The van der Waals surface area contributed by atoms with Crippen molar-refractivity contribution >= 4 is 0 Å². The number of unbranched alkanes of at least 4 members (excludes halogenated alkanes) is 66. The molecule has 0 saturated heterocycles. The van der Waals surface area contributed by atoms with Crippen molar-refractivity contribution in [2.24, 2.45) is 11.8 Å². The fraction of sp³-hybridized carbons (Fsp3) is 1.00. The van der Waals surface area contributed by atoms with E-state index in [1.807, 2.05) is 0 Å². The molecule has 0 aliphatic rings. The zero-order valence-electron chi connectivity index (χ0n) is 57.5. The predicted molar refractivity (Wildman–Crippen MR) is 371 cm³/mol. The molecule has 80 heavy (non-hydrogen) atoms. The molecule has 0 bridgehead atoms. The normalized spacial score (nSPS) is 12.6. The van der Waals surface area contributed by atoms with Gasteiger partial charge in [0.05, 0.1) is 0 Å². The third-order valence-corrected chi connectivity index (χ3v) is 19.8. The van der Waals surface area contributed by atoms with Gasteiger partial charge >= 0.3 is 0 Å². The van der Waals surface area contributed by atoms with E-state index in [1.165, 1.54) is 475 Å². The molecule has 0 nitrogen and oxygen atoms in total. The van der Waals surface area contributed by atoms with Gasteiger partial charge < -0.3 is 0 Å². The molecule has 0 radical (unpaired) electrons. The van der Waals surface area contributed by atoms with Crippen molar-refractivity contribution in [3.63, 3.8) is 0 Å². The van der Waals surface area contributed by atoms with Crippen LogP contribution in [0.1, 0.15) is 503 Å². The van der Waals surface area contributed by atoms with Crippen LogP contribution in [0.5, 0.6) is 0 Å². The van der Waals surface area contributed by atoms with Gasteiger partial charge in [0.1, 0.15) is 0 Å². The molecule has 0 amide bonds. The van der Waals surface area contributed by atoms with Gasteiger partial charge in [-0.1, -0.05) is 503 Å². The topological polar surface area (TPSA) is 0 Å². The Balaban J connectivity index is 4.07. The second-order valence-corrected chi connectivity index (χ2v) is 28.2. The van der Waals surface area contributed by atoms with Crippen LogP contribution in [0.15, 0.2) is 0 Å². The largest absolute Gasteiger partial charge is 0.0654 e. The number of hydrogen-bond donors (Lipinski definition) is 0. The van der Waals surface area contributed by atoms with Crippen LogP contribution in [0.4, 0.5) is 0 Å². The molecule has 0 aliphatic heterocycles. The van der Waals surface area contributed by atoms with Gasteiger partial charge in [-0.15, -0.1) is 0 Å². The lowest BCUT2D eigenvalue weighted by atomic mass is 9.86. The van der Waals surface area contributed by atoms with Crippen LogP contribution in [0.3, 0.4) is 0 Å². The van der Waals surface area contributed by atoms with Crippen LogP contribution in [0.2, 0.25) is 0 Å². The molecule has 0 rings (SSSR count). The SMILES string of the molecule is CCCCCCCCCCCCCCCCCCCCCCCCCCCC(CCCCCCCCCCCCCCCCCCCCCCCCCC)CCC(C)CCCCCCCCCCCCCCCCCCCCCC. The van der Waals surface area contributed by atoms with E-state index in [4.69, 9.17) is 0 Å². The Labute approximate surface area is 512 Å². The van der Waals surface area contributed by atoms with E-state index in [9.17, 15) is 0 Å². The van der Waals surface area contributed by atoms with E-state index < -0.39 is 0 Å². The molecule has 0 aromatic heterocycles. The summed E-state index contributed by atoms with van der Waals surface area (Å²) in [7, 11) is 0. The van der Waals surface area contributed by atoms with E-state index in [-0.39, 0.29) is 0 Å². The lowest BCUT2D eigenvalue weighted by molar-refractivity contribution is 0.334. The Bertz CT molecular complexity index is 1010. The van der Waals surface area contributed by atoms with Crippen LogP contribution in [0.25, 0.3) is 0 Å². The Hall–Kier alpha value is 0. The van der Waals surface area contributed by atoms with Crippen LogP contribution < -0.4 is 0 Å². The van der Waals surface area contributed by atoms with Crippen molar-refractivity contribution in [3.8, 4) is 0 Å². The van der Waals surface area contributed by atoms with Crippen molar-refractivity contribution in [2.75, 3.05) is 0 Å². The van der Waals surface area contributed by atoms with E-state index in [2.05, 4.69) is 27.7 Å². The maximum atomic E-state index is 2.61. The molecule has 0 saturated carbocycles. The first-order valence-corrected chi connectivity index (χ1v) is 39.7. The Morgan fingerprint density at radius 2 is 0.250 bits per heavy atom. The Morgan fingerprint density at radius 1 is 0.125 bits per heavy atom. The molecule has 0 heteroatoms. The van der Waals surface area contributed by atoms with Gasteiger partial charge in [0.15, 0.2) is 0 Å². The standard InChI is InChI=1S/C80H162/c1-5-8-11-14-17-20-23-26-29-32-35-38-40-42-44-46-49-52-55-58-61-64-67-70-73-76-80(75-72-69-66-63-60-57-54-51-48-45-43-41-39-36-33-30-27-24-21-18-15-12-9-6-2)78-77-79(4)74-71-68-65-62-59-56-53-50-47-37-34-31-28-25-22-19-16-13-10-7-3/h79-80H,5-78H2,1-4H3. The van der Waals surface area contributed by atoms with Crippen molar-refractivity contribution in [1.82, 2.24) is 0 Å². The molecular weight excluding hydrogens is 961 g/mol. The zero-order valence-corrected chi connectivity index (χ0v) is 57.5. The predicted octanol–water partition coefficient (Wildman–Crippen LogP) is 31.2. The third kappa shape index (κ3) is 72.3. The van der Waals surface area contributed by atoms with Gasteiger partial charge in [0, 0.05) is 0 Å².